The van der Waals surface area contributed by atoms with Crippen LogP contribution in [0.4, 0.5) is 0 Å². The summed E-state index contributed by atoms with van der Waals surface area (Å²) in [6, 6.07) is 8.39. The monoisotopic (exact) mass is 239 g/mol. The number of nitrogens with one attached hydrogen (secondary N) is 1. The quantitative estimate of drug-likeness (QED) is 0.823. The van der Waals surface area contributed by atoms with Crippen LogP contribution in [0.15, 0.2) is 24.3 Å². The van der Waals surface area contributed by atoms with Gasteiger partial charge in [0, 0.05) is 6.04 Å². The Morgan fingerprint density at radius 2 is 2.19 bits per heavy atom. The number of hydrogen-bond donors (Lipinski definition) is 1. The molecule has 2 rings (SSSR count). The second-order valence-corrected chi connectivity index (χ2v) is 4.78. The number of halogens is 1. The third kappa shape index (κ3) is 3.69. The fourth-order valence-corrected chi connectivity index (χ4v) is 1.77. The predicted molar refractivity (Wildman–Crippen MR) is 67.2 cm³/mol. The molecule has 1 saturated carbocycles. The Morgan fingerprint density at radius 3 is 2.88 bits per heavy atom. The standard InChI is InChI=1S/C13H18ClNO/c1-10(8-9-15-11-6-7-11)16-13-5-3-2-4-12(13)14/h2-5,10-11,15H,6-9H2,1H3. The number of hydrogen-bond acceptors (Lipinski definition) is 2. The summed E-state index contributed by atoms with van der Waals surface area (Å²) in [5.74, 6) is 0.781. The van der Waals surface area contributed by atoms with Crippen molar-refractivity contribution in [1.82, 2.24) is 5.32 Å². The van der Waals surface area contributed by atoms with Gasteiger partial charge < -0.3 is 10.1 Å². The summed E-state index contributed by atoms with van der Waals surface area (Å²) in [7, 11) is 0. The van der Waals surface area contributed by atoms with Crippen molar-refractivity contribution in [3.05, 3.63) is 29.3 Å². The Bertz CT molecular complexity index is 338. The van der Waals surface area contributed by atoms with Gasteiger partial charge in [0.1, 0.15) is 5.75 Å². The normalized spacial score (nSPS) is 17.1. The minimum absolute atomic E-state index is 0.200. The first-order valence-electron chi connectivity index (χ1n) is 5.90. The summed E-state index contributed by atoms with van der Waals surface area (Å²) in [6.45, 7) is 3.11. The Hall–Kier alpha value is -0.730. The largest absolute Gasteiger partial charge is 0.489 e. The number of para-hydroxylation sites is 1. The van der Waals surface area contributed by atoms with Gasteiger partial charge in [-0.1, -0.05) is 23.7 Å². The lowest BCUT2D eigenvalue weighted by molar-refractivity contribution is 0.210. The molecule has 1 aromatic rings. The van der Waals surface area contributed by atoms with Gasteiger partial charge in [-0.05, 0) is 44.9 Å². The van der Waals surface area contributed by atoms with E-state index in [1.54, 1.807) is 0 Å². The molecule has 0 radical (unpaired) electrons. The fourth-order valence-electron chi connectivity index (χ4n) is 1.59. The van der Waals surface area contributed by atoms with Crippen LogP contribution in [0.5, 0.6) is 5.75 Å². The SMILES string of the molecule is CC(CCNC1CC1)Oc1ccccc1Cl. The van der Waals surface area contributed by atoms with Crippen LogP contribution in [0.2, 0.25) is 5.02 Å². The summed E-state index contributed by atoms with van der Waals surface area (Å²) >= 11 is 6.02. The first-order chi connectivity index (χ1) is 7.75. The van der Waals surface area contributed by atoms with Crippen LogP contribution < -0.4 is 10.1 Å². The molecular weight excluding hydrogens is 222 g/mol. The van der Waals surface area contributed by atoms with Gasteiger partial charge in [-0.15, -0.1) is 0 Å². The maximum absolute atomic E-state index is 6.02. The third-order valence-electron chi connectivity index (χ3n) is 2.73. The van der Waals surface area contributed by atoms with Crippen molar-refractivity contribution in [3.8, 4) is 5.75 Å². The van der Waals surface area contributed by atoms with Gasteiger partial charge in [-0.2, -0.15) is 0 Å². The summed E-state index contributed by atoms with van der Waals surface area (Å²) < 4.78 is 5.78. The van der Waals surface area contributed by atoms with Gasteiger partial charge in [0.2, 0.25) is 0 Å². The molecule has 0 heterocycles. The third-order valence-corrected chi connectivity index (χ3v) is 3.04. The van der Waals surface area contributed by atoms with E-state index >= 15 is 0 Å². The van der Waals surface area contributed by atoms with Crippen LogP contribution in [0.3, 0.4) is 0 Å². The first-order valence-corrected chi connectivity index (χ1v) is 6.28. The lowest BCUT2D eigenvalue weighted by Gasteiger charge is -2.15. The van der Waals surface area contributed by atoms with Crippen LogP contribution in [-0.4, -0.2) is 18.7 Å². The highest BCUT2D eigenvalue weighted by Crippen LogP contribution is 2.24. The molecule has 0 spiro atoms. The second kappa shape index (κ2) is 5.55. The van der Waals surface area contributed by atoms with Crippen LogP contribution in [0.1, 0.15) is 26.2 Å². The van der Waals surface area contributed by atoms with Crippen molar-refractivity contribution in [1.29, 1.82) is 0 Å². The van der Waals surface area contributed by atoms with Crippen LogP contribution in [-0.2, 0) is 0 Å². The van der Waals surface area contributed by atoms with Crippen molar-refractivity contribution in [3.63, 3.8) is 0 Å². The van der Waals surface area contributed by atoms with E-state index in [1.807, 2.05) is 24.3 Å². The van der Waals surface area contributed by atoms with E-state index in [-0.39, 0.29) is 6.10 Å². The molecule has 1 fully saturated rings. The number of benzene rings is 1. The molecule has 1 aliphatic rings. The van der Waals surface area contributed by atoms with Crippen molar-refractivity contribution >= 4 is 11.6 Å². The van der Waals surface area contributed by atoms with Gasteiger partial charge in [0.25, 0.3) is 0 Å². The van der Waals surface area contributed by atoms with E-state index in [0.717, 1.165) is 24.8 Å². The molecule has 2 nitrogen and oxygen atoms in total. The highest BCUT2D eigenvalue weighted by atomic mass is 35.5. The van der Waals surface area contributed by atoms with Gasteiger partial charge >= 0.3 is 0 Å². The van der Waals surface area contributed by atoms with Crippen molar-refractivity contribution in [2.45, 2.75) is 38.3 Å². The number of rotatable bonds is 6. The molecule has 0 bridgehead atoms. The van der Waals surface area contributed by atoms with Crippen LogP contribution in [0.25, 0.3) is 0 Å². The lowest BCUT2D eigenvalue weighted by Crippen LogP contribution is -2.23. The average Bonchev–Trinajstić information content (AvgIpc) is 3.05. The maximum atomic E-state index is 6.02. The molecule has 16 heavy (non-hydrogen) atoms. The summed E-state index contributed by atoms with van der Waals surface area (Å²) in [5.41, 5.74) is 0. The molecule has 0 aliphatic heterocycles. The van der Waals surface area contributed by atoms with E-state index in [4.69, 9.17) is 16.3 Å². The van der Waals surface area contributed by atoms with E-state index in [9.17, 15) is 0 Å². The molecular formula is C13H18ClNO. The van der Waals surface area contributed by atoms with E-state index < -0.39 is 0 Å². The fraction of sp³-hybridized carbons (Fsp3) is 0.538. The molecule has 1 aromatic carbocycles. The zero-order chi connectivity index (χ0) is 11.4. The van der Waals surface area contributed by atoms with Crippen molar-refractivity contribution in [2.75, 3.05) is 6.54 Å². The molecule has 0 saturated heterocycles. The topological polar surface area (TPSA) is 21.3 Å². The van der Waals surface area contributed by atoms with Crippen LogP contribution in [0, 0.1) is 0 Å². The molecule has 1 aliphatic carbocycles. The smallest absolute Gasteiger partial charge is 0.138 e. The second-order valence-electron chi connectivity index (χ2n) is 4.38. The van der Waals surface area contributed by atoms with Gasteiger partial charge in [0.15, 0.2) is 0 Å². The Labute approximate surface area is 102 Å². The predicted octanol–water partition coefficient (Wildman–Crippen LogP) is 3.25. The Morgan fingerprint density at radius 1 is 1.44 bits per heavy atom. The minimum Gasteiger partial charge on any atom is -0.489 e. The first kappa shape index (κ1) is 11.7. The van der Waals surface area contributed by atoms with Crippen LogP contribution >= 0.6 is 11.6 Å². The van der Waals surface area contributed by atoms with Gasteiger partial charge in [-0.25, -0.2) is 0 Å². The zero-order valence-electron chi connectivity index (χ0n) is 9.58. The van der Waals surface area contributed by atoms with Crippen molar-refractivity contribution < 1.29 is 4.74 Å². The number of ether oxygens (including phenoxy) is 1. The molecule has 88 valence electrons. The summed E-state index contributed by atoms with van der Waals surface area (Å²) in [4.78, 5) is 0. The molecule has 0 amide bonds. The molecule has 3 heteroatoms. The average molecular weight is 240 g/mol. The molecule has 1 unspecified atom stereocenters. The molecule has 0 aromatic heterocycles. The van der Waals surface area contributed by atoms with E-state index in [2.05, 4.69) is 12.2 Å². The lowest BCUT2D eigenvalue weighted by atomic mass is 10.2. The molecule has 1 atom stereocenters. The summed E-state index contributed by atoms with van der Waals surface area (Å²) in [6.07, 6.45) is 3.88. The zero-order valence-corrected chi connectivity index (χ0v) is 10.3. The summed E-state index contributed by atoms with van der Waals surface area (Å²) in [5, 5.41) is 4.16. The van der Waals surface area contributed by atoms with E-state index in [0.29, 0.717) is 5.02 Å². The van der Waals surface area contributed by atoms with Crippen molar-refractivity contribution in [2.24, 2.45) is 0 Å². The van der Waals surface area contributed by atoms with Gasteiger partial charge in [-0.3, -0.25) is 0 Å². The minimum atomic E-state index is 0.200. The van der Waals surface area contributed by atoms with Gasteiger partial charge in [0.05, 0.1) is 11.1 Å². The highest BCUT2D eigenvalue weighted by Gasteiger charge is 2.20. The Kier molecular flexibility index (Phi) is 4.08. The maximum Gasteiger partial charge on any atom is 0.138 e. The Balaban J connectivity index is 1.73. The molecule has 1 N–H and O–H groups in total. The van der Waals surface area contributed by atoms with E-state index in [1.165, 1.54) is 12.8 Å². The highest BCUT2D eigenvalue weighted by molar-refractivity contribution is 6.32.